The molecule has 1 saturated heterocycles. The van der Waals surface area contributed by atoms with Gasteiger partial charge >= 0.3 is 0 Å². The lowest BCUT2D eigenvalue weighted by Gasteiger charge is -2.06. The molecule has 0 aliphatic carbocycles. The molecule has 9 heavy (non-hydrogen) atoms. The third-order valence-electron chi connectivity index (χ3n) is 1.63. The van der Waals surface area contributed by atoms with Crippen LogP contribution in [0.25, 0.3) is 0 Å². The summed E-state index contributed by atoms with van der Waals surface area (Å²) in [4.78, 5) is 5.03. The molecule has 0 aromatic rings. The first-order valence-electron chi connectivity index (χ1n) is 3.42. The summed E-state index contributed by atoms with van der Waals surface area (Å²) in [6.45, 7) is 3.10. The van der Waals surface area contributed by atoms with Gasteiger partial charge in [-0.05, 0) is 18.9 Å². The maximum Gasteiger partial charge on any atom is 0.0722 e. The fourth-order valence-corrected chi connectivity index (χ4v) is 1.06. The second kappa shape index (κ2) is 3.82. The molecule has 1 unspecified atom stereocenters. The summed E-state index contributed by atoms with van der Waals surface area (Å²) in [5.74, 6) is 0.720. The van der Waals surface area contributed by atoms with Gasteiger partial charge in [-0.2, -0.15) is 0 Å². The Labute approximate surface area is 55.7 Å². The Kier molecular flexibility index (Phi) is 2.97. The van der Waals surface area contributed by atoms with Gasteiger partial charge in [-0.15, -0.1) is 0 Å². The van der Waals surface area contributed by atoms with Crippen LogP contribution in [0.2, 0.25) is 0 Å². The SMILES string of the molecule is CNOCC1CCNC1. The van der Waals surface area contributed by atoms with E-state index in [2.05, 4.69) is 10.8 Å². The molecule has 1 aliphatic rings. The zero-order valence-corrected chi connectivity index (χ0v) is 5.81. The Morgan fingerprint density at radius 1 is 1.78 bits per heavy atom. The van der Waals surface area contributed by atoms with Gasteiger partial charge in [-0.1, -0.05) is 0 Å². The second-order valence-corrected chi connectivity index (χ2v) is 2.37. The van der Waals surface area contributed by atoms with Crippen LogP contribution < -0.4 is 10.8 Å². The molecule has 1 aliphatic heterocycles. The lowest BCUT2D eigenvalue weighted by atomic mass is 10.1. The van der Waals surface area contributed by atoms with E-state index in [0.29, 0.717) is 0 Å². The van der Waals surface area contributed by atoms with Gasteiger partial charge in [-0.3, -0.25) is 0 Å². The third kappa shape index (κ3) is 2.30. The molecule has 0 amide bonds. The first kappa shape index (κ1) is 6.99. The van der Waals surface area contributed by atoms with E-state index in [1.807, 2.05) is 0 Å². The molecule has 1 rings (SSSR count). The first-order valence-corrected chi connectivity index (χ1v) is 3.42. The lowest BCUT2D eigenvalue weighted by molar-refractivity contribution is 0.0358. The van der Waals surface area contributed by atoms with E-state index in [1.54, 1.807) is 7.05 Å². The molecule has 3 heteroatoms. The van der Waals surface area contributed by atoms with Crippen molar-refractivity contribution < 1.29 is 4.84 Å². The van der Waals surface area contributed by atoms with E-state index in [-0.39, 0.29) is 0 Å². The molecule has 2 N–H and O–H groups in total. The lowest BCUT2D eigenvalue weighted by Crippen LogP contribution is -2.18. The van der Waals surface area contributed by atoms with Gasteiger partial charge < -0.3 is 10.2 Å². The van der Waals surface area contributed by atoms with Gasteiger partial charge in [0.25, 0.3) is 0 Å². The molecule has 3 nitrogen and oxygen atoms in total. The van der Waals surface area contributed by atoms with Crippen LogP contribution in [0.15, 0.2) is 0 Å². The van der Waals surface area contributed by atoms with Crippen molar-refractivity contribution in [3.63, 3.8) is 0 Å². The van der Waals surface area contributed by atoms with Crippen molar-refractivity contribution in [2.24, 2.45) is 5.92 Å². The molecular formula is C6H14N2O. The van der Waals surface area contributed by atoms with E-state index in [0.717, 1.165) is 25.6 Å². The number of hydrogen-bond acceptors (Lipinski definition) is 3. The Bertz CT molecular complexity index is 71.5. The predicted molar refractivity (Wildman–Crippen MR) is 36.0 cm³/mol. The molecule has 1 atom stereocenters. The number of nitrogens with one attached hydrogen (secondary N) is 2. The van der Waals surface area contributed by atoms with Crippen LogP contribution in [0.5, 0.6) is 0 Å². The van der Waals surface area contributed by atoms with Crippen LogP contribution in [-0.4, -0.2) is 26.7 Å². The van der Waals surface area contributed by atoms with Gasteiger partial charge in [0.1, 0.15) is 0 Å². The topological polar surface area (TPSA) is 33.3 Å². The highest BCUT2D eigenvalue weighted by Crippen LogP contribution is 2.05. The van der Waals surface area contributed by atoms with Crippen molar-refractivity contribution in [3.8, 4) is 0 Å². The summed E-state index contributed by atoms with van der Waals surface area (Å²) < 4.78 is 0. The highest BCUT2D eigenvalue weighted by molar-refractivity contribution is 4.69. The molecule has 0 radical (unpaired) electrons. The molecular weight excluding hydrogens is 116 g/mol. The van der Waals surface area contributed by atoms with E-state index >= 15 is 0 Å². The van der Waals surface area contributed by atoms with Crippen molar-refractivity contribution in [1.29, 1.82) is 0 Å². The van der Waals surface area contributed by atoms with Gasteiger partial charge in [0.15, 0.2) is 0 Å². The average molecular weight is 130 g/mol. The summed E-state index contributed by atoms with van der Waals surface area (Å²) in [7, 11) is 1.79. The quantitative estimate of drug-likeness (QED) is 0.517. The Balaban J connectivity index is 1.98. The van der Waals surface area contributed by atoms with Crippen LogP contribution in [0.1, 0.15) is 6.42 Å². The van der Waals surface area contributed by atoms with Gasteiger partial charge in [0.2, 0.25) is 0 Å². The maximum atomic E-state index is 5.03. The largest absolute Gasteiger partial charge is 0.316 e. The van der Waals surface area contributed by atoms with Gasteiger partial charge in [-0.25, -0.2) is 5.48 Å². The van der Waals surface area contributed by atoms with E-state index in [1.165, 1.54) is 6.42 Å². The van der Waals surface area contributed by atoms with E-state index < -0.39 is 0 Å². The van der Waals surface area contributed by atoms with Crippen molar-refractivity contribution in [2.45, 2.75) is 6.42 Å². The van der Waals surface area contributed by atoms with Gasteiger partial charge in [0, 0.05) is 13.6 Å². The fraction of sp³-hybridized carbons (Fsp3) is 1.00. The number of hydroxylamine groups is 1. The molecule has 0 aromatic carbocycles. The van der Waals surface area contributed by atoms with E-state index in [4.69, 9.17) is 4.84 Å². The first-order chi connectivity index (χ1) is 4.43. The fourth-order valence-electron chi connectivity index (χ4n) is 1.06. The van der Waals surface area contributed by atoms with Crippen LogP contribution in [0.4, 0.5) is 0 Å². The molecule has 0 saturated carbocycles. The van der Waals surface area contributed by atoms with Crippen LogP contribution in [-0.2, 0) is 4.84 Å². The monoisotopic (exact) mass is 130 g/mol. The summed E-state index contributed by atoms with van der Waals surface area (Å²) >= 11 is 0. The van der Waals surface area contributed by atoms with Crippen molar-refractivity contribution in [1.82, 2.24) is 10.8 Å². The molecule has 0 aromatic heterocycles. The highest BCUT2D eigenvalue weighted by Gasteiger charge is 2.13. The average Bonchev–Trinajstić information content (AvgIpc) is 2.34. The molecule has 54 valence electrons. The third-order valence-corrected chi connectivity index (χ3v) is 1.63. The zero-order chi connectivity index (χ0) is 6.53. The maximum absolute atomic E-state index is 5.03. The van der Waals surface area contributed by atoms with Crippen molar-refractivity contribution in [3.05, 3.63) is 0 Å². The molecule has 0 bridgehead atoms. The standard InChI is InChI=1S/C6H14N2O/c1-7-9-5-6-2-3-8-4-6/h6-8H,2-5H2,1H3. The Morgan fingerprint density at radius 2 is 2.67 bits per heavy atom. The summed E-state index contributed by atoms with van der Waals surface area (Å²) in [6, 6.07) is 0. The van der Waals surface area contributed by atoms with Crippen LogP contribution in [0, 0.1) is 5.92 Å². The zero-order valence-electron chi connectivity index (χ0n) is 5.81. The second-order valence-electron chi connectivity index (χ2n) is 2.37. The minimum absolute atomic E-state index is 0.720. The number of rotatable bonds is 3. The Morgan fingerprint density at radius 3 is 3.22 bits per heavy atom. The Hall–Kier alpha value is -0.120. The smallest absolute Gasteiger partial charge is 0.0722 e. The van der Waals surface area contributed by atoms with Crippen LogP contribution in [0.3, 0.4) is 0 Å². The van der Waals surface area contributed by atoms with Crippen molar-refractivity contribution >= 4 is 0 Å². The highest BCUT2D eigenvalue weighted by atomic mass is 16.6. The van der Waals surface area contributed by atoms with Crippen LogP contribution >= 0.6 is 0 Å². The molecule has 1 fully saturated rings. The summed E-state index contributed by atoms with van der Waals surface area (Å²) in [5.41, 5.74) is 2.67. The summed E-state index contributed by atoms with van der Waals surface area (Å²) in [6.07, 6.45) is 1.25. The minimum atomic E-state index is 0.720. The van der Waals surface area contributed by atoms with E-state index in [9.17, 15) is 0 Å². The molecule has 0 spiro atoms. The normalized spacial score (nSPS) is 27.0. The van der Waals surface area contributed by atoms with Gasteiger partial charge in [0.05, 0.1) is 6.61 Å². The van der Waals surface area contributed by atoms with Crippen molar-refractivity contribution in [2.75, 3.05) is 26.7 Å². The number of hydrogen-bond donors (Lipinski definition) is 2. The summed E-state index contributed by atoms with van der Waals surface area (Å²) in [5, 5.41) is 3.27. The molecule has 1 heterocycles. The predicted octanol–water partition coefficient (Wildman–Crippen LogP) is -0.253. The minimum Gasteiger partial charge on any atom is -0.316 e.